The molecule has 1 amide bonds. The molecule has 128 valence electrons. The van der Waals surface area contributed by atoms with Crippen molar-refractivity contribution < 1.29 is 19.0 Å². The number of methoxy groups -OCH3 is 3. The molecule has 0 fully saturated rings. The molecule has 2 aromatic rings. The van der Waals surface area contributed by atoms with E-state index in [0.717, 1.165) is 10.2 Å². The molecule has 0 aliphatic heterocycles. The molecule has 0 atom stereocenters. The number of hydrogen-bond acceptors (Lipinski definition) is 5. The molecule has 0 saturated heterocycles. The minimum Gasteiger partial charge on any atom is -0.493 e. The first-order chi connectivity index (χ1) is 11.6. The second-order valence-corrected chi connectivity index (χ2v) is 5.74. The molecule has 24 heavy (non-hydrogen) atoms. The van der Waals surface area contributed by atoms with Crippen LogP contribution in [0.25, 0.3) is 0 Å². The lowest BCUT2D eigenvalue weighted by Crippen LogP contribution is -2.21. The maximum absolute atomic E-state index is 12.0. The second kappa shape index (κ2) is 8.44. The van der Waals surface area contributed by atoms with Gasteiger partial charge in [-0.3, -0.25) is 4.79 Å². The smallest absolute Gasteiger partial charge is 0.243 e. The molecule has 0 spiro atoms. The predicted octanol–water partition coefficient (Wildman–Crippen LogP) is 3.53. The second-order valence-electron chi connectivity index (χ2n) is 4.82. The van der Waals surface area contributed by atoms with E-state index in [9.17, 15) is 4.79 Å². The number of amides is 1. The van der Waals surface area contributed by atoms with Crippen LogP contribution in [0.2, 0.25) is 0 Å². The molecule has 7 heteroatoms. The van der Waals surface area contributed by atoms with Gasteiger partial charge in [0, 0.05) is 28.0 Å². The summed E-state index contributed by atoms with van der Waals surface area (Å²) in [5.41, 5.74) is 1.42. The van der Waals surface area contributed by atoms with Crippen molar-refractivity contribution in [2.45, 2.75) is 0 Å². The largest absolute Gasteiger partial charge is 0.493 e. The van der Waals surface area contributed by atoms with Gasteiger partial charge >= 0.3 is 0 Å². The van der Waals surface area contributed by atoms with E-state index in [1.54, 1.807) is 33.5 Å². The monoisotopic (exact) mass is 394 g/mol. The maximum Gasteiger partial charge on any atom is 0.243 e. The van der Waals surface area contributed by atoms with Crippen LogP contribution >= 0.6 is 15.9 Å². The van der Waals surface area contributed by atoms with E-state index < -0.39 is 0 Å². The molecule has 2 N–H and O–H groups in total. The molecule has 0 aliphatic rings. The Hall–Kier alpha value is -2.41. The van der Waals surface area contributed by atoms with Crippen LogP contribution in [-0.2, 0) is 4.79 Å². The molecular weight excluding hydrogens is 376 g/mol. The van der Waals surface area contributed by atoms with Crippen LogP contribution in [0.3, 0.4) is 0 Å². The van der Waals surface area contributed by atoms with Crippen molar-refractivity contribution in [2.75, 3.05) is 38.5 Å². The standard InChI is InChI=1S/C17H19BrN2O4/c1-22-14-8-13(9-15(23-2)17(14)24-3)19-10-16(21)20-12-6-4-11(18)5-7-12/h4-9,19H,10H2,1-3H3,(H,20,21). The van der Waals surface area contributed by atoms with Crippen molar-refractivity contribution in [3.63, 3.8) is 0 Å². The molecule has 2 aromatic carbocycles. The summed E-state index contributed by atoms with van der Waals surface area (Å²) < 4.78 is 16.8. The number of carbonyl (C=O) groups excluding carboxylic acids is 1. The van der Waals surface area contributed by atoms with Crippen molar-refractivity contribution in [1.29, 1.82) is 0 Å². The number of benzene rings is 2. The number of halogens is 1. The topological polar surface area (TPSA) is 68.8 Å². The molecule has 0 unspecified atom stereocenters. The first kappa shape index (κ1) is 17.9. The third-order valence-corrected chi connectivity index (χ3v) is 3.77. The highest BCUT2D eigenvalue weighted by atomic mass is 79.9. The normalized spacial score (nSPS) is 10.0. The van der Waals surface area contributed by atoms with Crippen LogP contribution in [0.1, 0.15) is 0 Å². The summed E-state index contributed by atoms with van der Waals surface area (Å²) in [7, 11) is 4.63. The fourth-order valence-corrected chi connectivity index (χ4v) is 2.37. The summed E-state index contributed by atoms with van der Waals surface area (Å²) in [5.74, 6) is 1.39. The maximum atomic E-state index is 12.0. The van der Waals surface area contributed by atoms with Gasteiger partial charge < -0.3 is 24.8 Å². The summed E-state index contributed by atoms with van der Waals surface area (Å²) in [6, 6.07) is 10.9. The highest BCUT2D eigenvalue weighted by Crippen LogP contribution is 2.39. The number of hydrogen-bond donors (Lipinski definition) is 2. The van der Waals surface area contributed by atoms with Gasteiger partial charge in [0.05, 0.1) is 27.9 Å². The van der Waals surface area contributed by atoms with E-state index in [2.05, 4.69) is 26.6 Å². The number of anilines is 2. The average Bonchev–Trinajstić information content (AvgIpc) is 2.60. The van der Waals surface area contributed by atoms with Gasteiger partial charge in [-0.1, -0.05) is 15.9 Å². The number of rotatable bonds is 7. The van der Waals surface area contributed by atoms with Crippen molar-refractivity contribution in [1.82, 2.24) is 0 Å². The zero-order valence-corrected chi connectivity index (χ0v) is 15.3. The van der Waals surface area contributed by atoms with Gasteiger partial charge in [0.15, 0.2) is 11.5 Å². The van der Waals surface area contributed by atoms with Gasteiger partial charge in [0.1, 0.15) is 0 Å². The molecule has 0 heterocycles. The first-order valence-electron chi connectivity index (χ1n) is 7.16. The summed E-state index contributed by atoms with van der Waals surface area (Å²) in [6.07, 6.45) is 0. The SMILES string of the molecule is COc1cc(NCC(=O)Nc2ccc(Br)cc2)cc(OC)c1OC. The Kier molecular flexibility index (Phi) is 6.31. The van der Waals surface area contributed by atoms with E-state index in [1.165, 1.54) is 0 Å². The summed E-state index contributed by atoms with van der Waals surface area (Å²) in [4.78, 5) is 12.0. The van der Waals surface area contributed by atoms with E-state index in [-0.39, 0.29) is 12.5 Å². The van der Waals surface area contributed by atoms with Crippen molar-refractivity contribution >= 4 is 33.2 Å². The molecule has 0 bridgehead atoms. The summed E-state index contributed by atoms with van der Waals surface area (Å²) in [6.45, 7) is 0.106. The highest BCUT2D eigenvalue weighted by Gasteiger charge is 2.13. The van der Waals surface area contributed by atoms with E-state index in [1.807, 2.05) is 24.3 Å². The molecule has 2 rings (SSSR count). The van der Waals surface area contributed by atoms with Gasteiger partial charge in [0.25, 0.3) is 0 Å². The van der Waals surface area contributed by atoms with Crippen molar-refractivity contribution in [3.05, 3.63) is 40.9 Å². The first-order valence-corrected chi connectivity index (χ1v) is 7.96. The van der Waals surface area contributed by atoms with Crippen molar-refractivity contribution in [3.8, 4) is 17.2 Å². The molecule has 0 saturated carbocycles. The zero-order valence-electron chi connectivity index (χ0n) is 13.7. The lowest BCUT2D eigenvalue weighted by Gasteiger charge is -2.15. The highest BCUT2D eigenvalue weighted by molar-refractivity contribution is 9.10. The Morgan fingerprint density at radius 2 is 1.54 bits per heavy atom. The van der Waals surface area contributed by atoms with Crippen LogP contribution < -0.4 is 24.8 Å². The Balaban J connectivity index is 2.03. The third-order valence-electron chi connectivity index (χ3n) is 3.25. The van der Waals surface area contributed by atoms with E-state index in [4.69, 9.17) is 14.2 Å². The lowest BCUT2D eigenvalue weighted by molar-refractivity contribution is -0.114. The Labute approximate surface area is 149 Å². The Morgan fingerprint density at radius 3 is 2.04 bits per heavy atom. The quantitative estimate of drug-likeness (QED) is 0.751. The van der Waals surface area contributed by atoms with Gasteiger partial charge in [-0.25, -0.2) is 0 Å². The minimum absolute atomic E-state index is 0.106. The third kappa shape index (κ3) is 4.55. The molecule has 6 nitrogen and oxygen atoms in total. The molecule has 0 aromatic heterocycles. The van der Waals surface area contributed by atoms with E-state index >= 15 is 0 Å². The van der Waals surface area contributed by atoms with Crippen LogP contribution in [0.5, 0.6) is 17.2 Å². The van der Waals surface area contributed by atoms with Crippen LogP contribution in [-0.4, -0.2) is 33.8 Å². The fourth-order valence-electron chi connectivity index (χ4n) is 2.10. The molecule has 0 aliphatic carbocycles. The molecular formula is C17H19BrN2O4. The predicted molar refractivity (Wildman–Crippen MR) is 97.4 cm³/mol. The van der Waals surface area contributed by atoms with E-state index in [0.29, 0.717) is 22.9 Å². The molecule has 0 radical (unpaired) electrons. The summed E-state index contributed by atoms with van der Waals surface area (Å²) >= 11 is 3.35. The fraction of sp³-hybridized carbons (Fsp3) is 0.235. The van der Waals surface area contributed by atoms with Gasteiger partial charge in [-0.05, 0) is 24.3 Å². The Bertz CT molecular complexity index is 679. The van der Waals surface area contributed by atoms with Gasteiger partial charge in [-0.2, -0.15) is 0 Å². The minimum atomic E-state index is -0.161. The summed E-state index contributed by atoms with van der Waals surface area (Å²) in [5, 5.41) is 5.85. The Morgan fingerprint density at radius 1 is 0.958 bits per heavy atom. The number of carbonyl (C=O) groups is 1. The number of ether oxygens (including phenoxy) is 3. The van der Waals surface area contributed by atoms with Crippen molar-refractivity contribution in [2.24, 2.45) is 0 Å². The number of nitrogens with one attached hydrogen (secondary N) is 2. The van der Waals surface area contributed by atoms with Crippen LogP contribution in [0, 0.1) is 0 Å². The van der Waals surface area contributed by atoms with Gasteiger partial charge in [0.2, 0.25) is 11.7 Å². The lowest BCUT2D eigenvalue weighted by atomic mass is 10.2. The zero-order chi connectivity index (χ0) is 17.5. The van der Waals surface area contributed by atoms with Crippen LogP contribution in [0.4, 0.5) is 11.4 Å². The van der Waals surface area contributed by atoms with Crippen LogP contribution in [0.15, 0.2) is 40.9 Å². The van der Waals surface area contributed by atoms with Gasteiger partial charge in [-0.15, -0.1) is 0 Å². The average molecular weight is 395 g/mol.